The Bertz CT molecular complexity index is 980. The maximum Gasteiger partial charge on any atom is 0.409 e. The zero-order chi connectivity index (χ0) is 20.2. The molecule has 8 nitrogen and oxygen atoms in total. The summed E-state index contributed by atoms with van der Waals surface area (Å²) in [5.74, 6) is 2.53. The second-order valence-corrected chi connectivity index (χ2v) is 7.34. The van der Waals surface area contributed by atoms with E-state index >= 15 is 0 Å². The second kappa shape index (κ2) is 8.55. The first-order valence-electron chi connectivity index (χ1n) is 10.2. The van der Waals surface area contributed by atoms with Gasteiger partial charge in [0.2, 0.25) is 5.95 Å². The summed E-state index contributed by atoms with van der Waals surface area (Å²) in [4.78, 5) is 23.1. The van der Waals surface area contributed by atoms with Gasteiger partial charge in [-0.2, -0.15) is 0 Å². The lowest BCUT2D eigenvalue weighted by Gasteiger charge is -2.20. The van der Waals surface area contributed by atoms with Gasteiger partial charge in [0, 0.05) is 25.3 Å². The average molecular weight is 397 g/mol. The minimum absolute atomic E-state index is 0.224. The average Bonchev–Trinajstić information content (AvgIpc) is 3.18. The number of carbonyl (C=O) groups is 1. The van der Waals surface area contributed by atoms with Crippen molar-refractivity contribution in [2.24, 2.45) is 0 Å². The number of aryl methyl sites for hydroxylation is 1. The van der Waals surface area contributed by atoms with E-state index in [-0.39, 0.29) is 12.1 Å². The molecular weight excluding hydrogens is 370 g/mol. The van der Waals surface area contributed by atoms with Gasteiger partial charge < -0.3 is 19.4 Å². The molecule has 3 aromatic heterocycles. The highest BCUT2D eigenvalue weighted by molar-refractivity contribution is 5.74. The van der Waals surface area contributed by atoms with Crippen LogP contribution >= 0.6 is 0 Å². The number of imidazole rings is 1. The van der Waals surface area contributed by atoms with Gasteiger partial charge in [0.25, 0.3) is 0 Å². The zero-order valence-electron chi connectivity index (χ0n) is 16.9. The number of rotatable bonds is 5. The molecule has 0 spiro atoms. The number of nitrogens with zero attached hydrogens (tertiary/aromatic N) is 4. The fraction of sp³-hybridized carbons (Fsp3) is 0.476. The summed E-state index contributed by atoms with van der Waals surface area (Å²) in [6.45, 7) is 6.13. The number of likely N-dealkylation sites (tertiary alicyclic amines) is 1. The molecule has 8 heteroatoms. The summed E-state index contributed by atoms with van der Waals surface area (Å²) >= 11 is 0. The Morgan fingerprint density at radius 1 is 1.31 bits per heavy atom. The van der Waals surface area contributed by atoms with Crippen LogP contribution in [0, 0.1) is 6.92 Å². The Balaban J connectivity index is 1.53. The number of fused-ring (bicyclic) bond motifs is 1. The fourth-order valence-corrected chi connectivity index (χ4v) is 3.76. The van der Waals surface area contributed by atoms with Gasteiger partial charge in [-0.05, 0) is 57.4 Å². The lowest BCUT2D eigenvalue weighted by atomic mass is 10.1. The monoisotopic (exact) mass is 397 g/mol. The van der Waals surface area contributed by atoms with Crippen LogP contribution in [0.1, 0.15) is 37.7 Å². The predicted octanol–water partition coefficient (Wildman–Crippen LogP) is 3.80. The Kier molecular flexibility index (Phi) is 5.69. The lowest BCUT2D eigenvalue weighted by Crippen LogP contribution is -2.33. The minimum atomic E-state index is -0.224. The van der Waals surface area contributed by atoms with Crippen LogP contribution in [0.2, 0.25) is 0 Å². The van der Waals surface area contributed by atoms with Crippen molar-refractivity contribution < 1.29 is 13.9 Å². The van der Waals surface area contributed by atoms with E-state index in [0.717, 1.165) is 54.4 Å². The van der Waals surface area contributed by atoms with Crippen LogP contribution in [0.5, 0.6) is 0 Å². The first-order chi connectivity index (χ1) is 14.1. The maximum absolute atomic E-state index is 12.0. The molecule has 1 aliphatic rings. The lowest BCUT2D eigenvalue weighted by molar-refractivity contribution is 0.108. The van der Waals surface area contributed by atoms with Crippen molar-refractivity contribution in [3.8, 4) is 0 Å². The normalized spacial score (nSPS) is 17.3. The largest absolute Gasteiger partial charge is 0.464 e. The van der Waals surface area contributed by atoms with Crippen molar-refractivity contribution in [1.82, 2.24) is 19.4 Å². The number of anilines is 1. The number of pyridine rings is 1. The molecular formula is C21H27N5O3. The summed E-state index contributed by atoms with van der Waals surface area (Å²) in [6.07, 6.45) is 4.28. The summed E-state index contributed by atoms with van der Waals surface area (Å²) in [5, 5.41) is 3.59. The molecule has 1 fully saturated rings. The van der Waals surface area contributed by atoms with E-state index in [9.17, 15) is 4.79 Å². The Hall–Kier alpha value is -3.03. The molecule has 29 heavy (non-hydrogen) atoms. The van der Waals surface area contributed by atoms with Crippen molar-refractivity contribution in [3.05, 3.63) is 42.0 Å². The van der Waals surface area contributed by atoms with Crippen molar-refractivity contribution in [1.29, 1.82) is 0 Å². The van der Waals surface area contributed by atoms with Gasteiger partial charge in [0.05, 0.1) is 13.2 Å². The van der Waals surface area contributed by atoms with E-state index in [4.69, 9.17) is 14.1 Å². The zero-order valence-corrected chi connectivity index (χ0v) is 16.9. The predicted molar refractivity (Wildman–Crippen MR) is 110 cm³/mol. The maximum atomic E-state index is 12.0. The molecule has 0 aliphatic carbocycles. The van der Waals surface area contributed by atoms with Gasteiger partial charge in [0.15, 0.2) is 5.65 Å². The topological polar surface area (TPSA) is 85.4 Å². The van der Waals surface area contributed by atoms with Gasteiger partial charge in [-0.15, -0.1) is 0 Å². The SMILES string of the molecule is CCOC(=O)N1CCCC(Nc2nc3cccnc3n2Cc2ccc(C)o2)CC1. The van der Waals surface area contributed by atoms with Gasteiger partial charge >= 0.3 is 6.09 Å². The van der Waals surface area contributed by atoms with Crippen molar-refractivity contribution >= 4 is 23.2 Å². The van der Waals surface area contributed by atoms with E-state index in [0.29, 0.717) is 19.7 Å². The third-order valence-corrected chi connectivity index (χ3v) is 5.20. The Morgan fingerprint density at radius 3 is 3.00 bits per heavy atom. The molecule has 1 unspecified atom stereocenters. The van der Waals surface area contributed by atoms with Gasteiger partial charge in [0.1, 0.15) is 17.0 Å². The van der Waals surface area contributed by atoms with Crippen LogP contribution in [-0.2, 0) is 11.3 Å². The first-order valence-corrected chi connectivity index (χ1v) is 10.2. The highest BCUT2D eigenvalue weighted by Crippen LogP contribution is 2.23. The highest BCUT2D eigenvalue weighted by atomic mass is 16.6. The van der Waals surface area contributed by atoms with Gasteiger partial charge in [-0.1, -0.05) is 0 Å². The number of hydrogen-bond donors (Lipinski definition) is 1. The number of hydrogen-bond acceptors (Lipinski definition) is 6. The molecule has 0 radical (unpaired) electrons. The molecule has 4 heterocycles. The van der Waals surface area contributed by atoms with Crippen LogP contribution < -0.4 is 5.32 Å². The molecule has 1 atom stereocenters. The van der Waals surface area contributed by atoms with E-state index < -0.39 is 0 Å². The standard InChI is InChI=1S/C21H27N5O3/c1-3-28-21(27)25-12-5-6-16(10-13-25)23-20-24-18-7-4-11-22-19(18)26(20)14-17-9-8-15(2)29-17/h4,7-9,11,16H,3,5-6,10,12-14H2,1-2H3,(H,23,24). The summed E-state index contributed by atoms with van der Waals surface area (Å²) in [7, 11) is 0. The number of nitrogens with one attached hydrogen (secondary N) is 1. The minimum Gasteiger partial charge on any atom is -0.464 e. The second-order valence-electron chi connectivity index (χ2n) is 7.34. The molecule has 1 amide bonds. The van der Waals surface area contributed by atoms with E-state index in [1.165, 1.54) is 0 Å². The number of aromatic nitrogens is 3. The molecule has 3 aromatic rings. The molecule has 0 aromatic carbocycles. The number of amides is 1. The van der Waals surface area contributed by atoms with Gasteiger partial charge in [-0.3, -0.25) is 4.57 Å². The smallest absolute Gasteiger partial charge is 0.409 e. The number of ether oxygens (including phenoxy) is 1. The van der Waals surface area contributed by atoms with E-state index in [2.05, 4.69) is 14.9 Å². The molecule has 0 bridgehead atoms. The highest BCUT2D eigenvalue weighted by Gasteiger charge is 2.23. The molecule has 1 N–H and O–H groups in total. The molecule has 4 rings (SSSR count). The van der Waals surface area contributed by atoms with Crippen molar-refractivity contribution in [3.63, 3.8) is 0 Å². The Morgan fingerprint density at radius 2 is 2.21 bits per heavy atom. The van der Waals surface area contributed by atoms with Crippen LogP contribution in [-0.4, -0.2) is 51.3 Å². The van der Waals surface area contributed by atoms with Gasteiger partial charge in [-0.25, -0.2) is 14.8 Å². The van der Waals surface area contributed by atoms with Crippen LogP contribution in [0.25, 0.3) is 11.2 Å². The molecule has 1 aliphatic heterocycles. The Labute approximate surface area is 169 Å². The van der Waals surface area contributed by atoms with E-state index in [1.807, 2.05) is 38.1 Å². The van der Waals surface area contributed by atoms with Crippen molar-refractivity contribution in [2.45, 2.75) is 45.7 Å². The third kappa shape index (κ3) is 4.36. The number of carbonyl (C=O) groups excluding carboxylic acids is 1. The van der Waals surface area contributed by atoms with Crippen molar-refractivity contribution in [2.75, 3.05) is 25.0 Å². The van der Waals surface area contributed by atoms with Crippen LogP contribution in [0.15, 0.2) is 34.9 Å². The third-order valence-electron chi connectivity index (χ3n) is 5.20. The quantitative estimate of drug-likeness (QED) is 0.705. The molecule has 1 saturated heterocycles. The summed E-state index contributed by atoms with van der Waals surface area (Å²) in [6, 6.07) is 8.03. The first kappa shape index (κ1) is 19.3. The van der Waals surface area contributed by atoms with Crippen LogP contribution in [0.4, 0.5) is 10.7 Å². The van der Waals surface area contributed by atoms with E-state index in [1.54, 1.807) is 11.1 Å². The summed E-state index contributed by atoms with van der Waals surface area (Å²) < 4.78 is 13.0. The molecule has 0 saturated carbocycles. The fourth-order valence-electron chi connectivity index (χ4n) is 3.76. The molecule has 154 valence electrons. The summed E-state index contributed by atoms with van der Waals surface area (Å²) in [5.41, 5.74) is 1.67. The number of furan rings is 1. The van der Waals surface area contributed by atoms with Crippen LogP contribution in [0.3, 0.4) is 0 Å².